The first-order valence-electron chi connectivity index (χ1n) is 12.7. The predicted octanol–water partition coefficient (Wildman–Crippen LogP) is 2.72. The van der Waals surface area contributed by atoms with Gasteiger partial charge in [-0.15, -0.1) is 0 Å². The van der Waals surface area contributed by atoms with Crippen molar-refractivity contribution in [3.63, 3.8) is 0 Å². The van der Waals surface area contributed by atoms with Crippen LogP contribution in [0, 0.1) is 20.2 Å². The summed E-state index contributed by atoms with van der Waals surface area (Å²) in [5.74, 6) is 0. The van der Waals surface area contributed by atoms with Gasteiger partial charge in [0, 0.05) is 30.8 Å². The molecule has 3 aromatic carbocycles. The molecule has 228 valence electrons. The van der Waals surface area contributed by atoms with Gasteiger partial charge in [-0.3, -0.25) is 29.9 Å². The summed E-state index contributed by atoms with van der Waals surface area (Å²) in [6.07, 6.45) is 0.101. The zero-order chi connectivity index (χ0) is 31.2. The van der Waals surface area contributed by atoms with Crippen LogP contribution >= 0.6 is 0 Å². The second-order valence-electron chi connectivity index (χ2n) is 9.41. The van der Waals surface area contributed by atoms with Crippen LogP contribution < -0.4 is 5.32 Å². The van der Waals surface area contributed by atoms with Crippen molar-refractivity contribution in [2.24, 2.45) is 0 Å². The van der Waals surface area contributed by atoms with Gasteiger partial charge in [-0.1, -0.05) is 34.8 Å². The molecule has 0 aromatic heterocycles. The molecule has 0 radical (unpaired) electrons. The third-order valence-electron chi connectivity index (χ3n) is 6.71. The molecule has 1 N–H and O–H groups in total. The number of ether oxygens (including phenoxy) is 1. The molecule has 15 nitrogen and oxygen atoms in total. The van der Waals surface area contributed by atoms with Crippen molar-refractivity contribution in [1.29, 1.82) is 0 Å². The molecule has 1 heterocycles. The lowest BCUT2D eigenvalue weighted by Crippen LogP contribution is -2.56. The lowest BCUT2D eigenvalue weighted by molar-refractivity contribution is -0.385. The van der Waals surface area contributed by atoms with Crippen LogP contribution in [-0.2, 0) is 40.8 Å². The molecule has 3 aromatic rings. The van der Waals surface area contributed by atoms with Gasteiger partial charge in [-0.05, 0) is 42.7 Å². The molecule has 0 amide bonds. The second-order valence-corrected chi connectivity index (χ2v) is 13.2. The quantitative estimate of drug-likeness (QED) is 0.164. The molecule has 1 aliphatic rings. The minimum atomic E-state index is -4.36. The average molecular weight is 635 g/mol. The molecule has 1 fully saturated rings. The number of carbonyl (C=O) groups excluding carboxylic acids is 1. The van der Waals surface area contributed by atoms with Gasteiger partial charge in [0.25, 0.3) is 27.9 Å². The van der Waals surface area contributed by atoms with E-state index in [1.165, 1.54) is 0 Å². The van der Waals surface area contributed by atoms with Crippen LogP contribution in [0.15, 0.2) is 88.7 Å². The number of non-ortho nitro benzene ring substituents is 2. The van der Waals surface area contributed by atoms with Gasteiger partial charge in [0.2, 0.25) is 15.3 Å². The fraction of sp³-hybridized carbons (Fsp3) is 0.269. The average Bonchev–Trinajstić information content (AvgIpc) is 3.00. The smallest absolute Gasteiger partial charge is 0.294 e. The maximum atomic E-state index is 13.7. The van der Waals surface area contributed by atoms with E-state index in [-0.39, 0.29) is 53.6 Å². The molecule has 1 saturated heterocycles. The van der Waals surface area contributed by atoms with Crippen molar-refractivity contribution < 1.29 is 41.1 Å². The van der Waals surface area contributed by atoms with Crippen LogP contribution in [0.1, 0.15) is 18.4 Å². The van der Waals surface area contributed by atoms with Crippen LogP contribution in [0.5, 0.6) is 0 Å². The third-order valence-corrected chi connectivity index (χ3v) is 10.4. The molecule has 3 unspecified atom stereocenters. The number of rotatable bonds is 13. The number of nitro benzene ring substituents is 2. The molecule has 0 saturated carbocycles. The Morgan fingerprint density at radius 1 is 0.860 bits per heavy atom. The van der Waals surface area contributed by atoms with E-state index in [2.05, 4.69) is 5.32 Å². The van der Waals surface area contributed by atoms with Crippen molar-refractivity contribution in [2.75, 3.05) is 6.54 Å². The Bertz CT molecular complexity index is 1660. The van der Waals surface area contributed by atoms with Gasteiger partial charge in [-0.2, -0.15) is 0 Å². The Balaban J connectivity index is 1.57. The van der Waals surface area contributed by atoms with Crippen molar-refractivity contribution in [3.8, 4) is 0 Å². The summed E-state index contributed by atoms with van der Waals surface area (Å²) in [5, 5.41) is 24.9. The minimum absolute atomic E-state index is 0.0182. The Hall–Kier alpha value is -4.29. The summed E-state index contributed by atoms with van der Waals surface area (Å²) >= 11 is 0. The highest BCUT2D eigenvalue weighted by Crippen LogP contribution is 2.29. The van der Waals surface area contributed by atoms with Crippen molar-refractivity contribution in [1.82, 2.24) is 9.79 Å². The first-order valence-corrected chi connectivity index (χ1v) is 15.7. The number of benzene rings is 3. The molecular formula is C26H26N4O11S2. The van der Waals surface area contributed by atoms with E-state index in [1.54, 1.807) is 30.3 Å². The Morgan fingerprint density at radius 3 is 1.91 bits per heavy atom. The normalized spacial score (nSPS) is 18.1. The Kier molecular flexibility index (Phi) is 9.82. The molecule has 0 bridgehead atoms. The maximum absolute atomic E-state index is 13.7. The maximum Gasteiger partial charge on any atom is 0.294 e. The molecule has 3 atom stereocenters. The standard InChI is InChI=1S/C26H26N4O11S2/c31-18-40-26(42(36,37)23-11-6-20(7-12-23)28(32)33)25-15-10-22(16-27-25)30(41-17-19-4-2-1-3-5-19)43(38,39)24-13-8-21(9-14-24)29(34)35/h1-9,11-14,18,22,25-27H,10,15-17H2. The monoisotopic (exact) mass is 634 g/mol. The summed E-state index contributed by atoms with van der Waals surface area (Å²) in [7, 11) is -8.68. The molecule has 0 spiro atoms. The number of sulfonamides is 1. The van der Waals surface area contributed by atoms with E-state index in [4.69, 9.17) is 9.57 Å². The van der Waals surface area contributed by atoms with E-state index >= 15 is 0 Å². The highest BCUT2D eigenvalue weighted by Gasteiger charge is 2.42. The lowest BCUT2D eigenvalue weighted by atomic mass is 10.0. The van der Waals surface area contributed by atoms with Gasteiger partial charge >= 0.3 is 0 Å². The van der Waals surface area contributed by atoms with Gasteiger partial charge in [0.1, 0.15) is 0 Å². The molecule has 43 heavy (non-hydrogen) atoms. The number of nitrogens with one attached hydrogen (secondary N) is 1. The topological polar surface area (TPSA) is 205 Å². The van der Waals surface area contributed by atoms with Crippen LogP contribution in [0.4, 0.5) is 11.4 Å². The number of hydrogen-bond donors (Lipinski definition) is 1. The summed E-state index contributed by atoms with van der Waals surface area (Å²) < 4.78 is 59.7. The van der Waals surface area contributed by atoms with E-state index < -0.39 is 47.2 Å². The highest BCUT2D eigenvalue weighted by molar-refractivity contribution is 7.92. The largest absolute Gasteiger partial charge is 0.446 e. The summed E-state index contributed by atoms with van der Waals surface area (Å²) in [5.41, 5.74) is -1.66. The van der Waals surface area contributed by atoms with Gasteiger partial charge in [0.15, 0.2) is 0 Å². The van der Waals surface area contributed by atoms with Gasteiger partial charge in [-0.25, -0.2) is 16.8 Å². The van der Waals surface area contributed by atoms with Crippen molar-refractivity contribution in [2.45, 2.75) is 46.8 Å². The zero-order valence-electron chi connectivity index (χ0n) is 22.3. The molecule has 0 aliphatic carbocycles. The predicted molar refractivity (Wildman–Crippen MR) is 149 cm³/mol. The van der Waals surface area contributed by atoms with E-state index in [0.29, 0.717) is 5.56 Å². The third kappa shape index (κ3) is 7.20. The van der Waals surface area contributed by atoms with Crippen LogP contribution in [0.25, 0.3) is 0 Å². The first kappa shape index (κ1) is 31.6. The van der Waals surface area contributed by atoms with Crippen LogP contribution in [0.2, 0.25) is 0 Å². The molecule has 17 heteroatoms. The van der Waals surface area contributed by atoms with E-state index in [1.807, 2.05) is 0 Å². The number of hydrogen-bond acceptors (Lipinski definition) is 12. The molecule has 1 aliphatic heterocycles. The SMILES string of the molecule is O=COC(C1CCC(N(OCc2ccccc2)S(=O)(=O)c2ccc([N+](=O)[O-])cc2)CN1)S(=O)(=O)c1ccc([N+](=O)[O-])cc1. The molecule has 4 rings (SSSR count). The zero-order valence-corrected chi connectivity index (χ0v) is 23.9. The van der Waals surface area contributed by atoms with Crippen LogP contribution in [-0.4, -0.2) is 61.7 Å². The van der Waals surface area contributed by atoms with Crippen LogP contribution in [0.3, 0.4) is 0 Å². The summed E-state index contributed by atoms with van der Waals surface area (Å²) in [6, 6.07) is 15.3. The second kappa shape index (κ2) is 13.3. The number of nitrogens with zero attached hydrogens (tertiary/aromatic N) is 3. The van der Waals surface area contributed by atoms with Gasteiger partial charge < -0.3 is 10.1 Å². The number of sulfone groups is 1. The number of nitro groups is 2. The first-order chi connectivity index (χ1) is 20.4. The highest BCUT2D eigenvalue weighted by atomic mass is 32.2. The summed E-state index contributed by atoms with van der Waals surface area (Å²) in [6.45, 7) is -0.256. The number of piperidine rings is 1. The van der Waals surface area contributed by atoms with E-state index in [9.17, 15) is 41.9 Å². The number of carbonyl (C=O) groups is 1. The summed E-state index contributed by atoms with van der Waals surface area (Å²) in [4.78, 5) is 37.2. The van der Waals surface area contributed by atoms with Gasteiger partial charge in [0.05, 0.1) is 38.3 Å². The Labute approximate surface area is 246 Å². The van der Waals surface area contributed by atoms with E-state index in [0.717, 1.165) is 53.0 Å². The Morgan fingerprint density at radius 2 is 1.42 bits per heavy atom. The van der Waals surface area contributed by atoms with Crippen molar-refractivity contribution >= 4 is 37.7 Å². The lowest BCUT2D eigenvalue weighted by Gasteiger charge is -2.37. The fourth-order valence-electron chi connectivity index (χ4n) is 4.53. The number of hydroxylamine groups is 1. The minimum Gasteiger partial charge on any atom is -0.446 e. The van der Waals surface area contributed by atoms with Crippen molar-refractivity contribution in [3.05, 3.63) is 105 Å². The fourth-order valence-corrected chi connectivity index (χ4v) is 7.63. The molecular weight excluding hydrogens is 608 g/mol.